The monoisotopic (exact) mass is 412 g/mol. The second-order valence-corrected chi connectivity index (χ2v) is 10.8. The van der Waals surface area contributed by atoms with Gasteiger partial charge in [-0.25, -0.2) is 8.42 Å². The van der Waals surface area contributed by atoms with Crippen LogP contribution in [0.15, 0.2) is 29.2 Å². The second kappa shape index (κ2) is 7.85. The van der Waals surface area contributed by atoms with E-state index in [1.165, 1.54) is 25.0 Å². The first-order chi connectivity index (χ1) is 12.8. The average Bonchev–Trinajstić information content (AvgIpc) is 2.68. The summed E-state index contributed by atoms with van der Waals surface area (Å²) in [5.41, 5.74) is 0.0926. The third-order valence-corrected chi connectivity index (χ3v) is 9.21. The van der Waals surface area contributed by atoms with Gasteiger partial charge in [0.05, 0.1) is 10.5 Å². The molecule has 1 aromatic carbocycles. The molecule has 0 amide bonds. The zero-order valence-corrected chi connectivity index (χ0v) is 16.9. The fourth-order valence-electron chi connectivity index (χ4n) is 3.44. The molecule has 2 aliphatic heterocycles. The molecule has 3 rings (SSSR count). The minimum Gasteiger partial charge on any atom is -0.207 e. The maximum atomic E-state index is 12.9. The molecule has 0 radical (unpaired) electrons. The smallest absolute Gasteiger partial charge is 0.207 e. The summed E-state index contributed by atoms with van der Waals surface area (Å²) >= 11 is 0. The molecule has 2 fully saturated rings. The van der Waals surface area contributed by atoms with E-state index in [-0.39, 0.29) is 36.6 Å². The molecule has 0 bridgehead atoms. The Balaban J connectivity index is 1.71. The van der Waals surface area contributed by atoms with Gasteiger partial charge < -0.3 is 0 Å². The Hall–Kier alpha value is -1.51. The van der Waals surface area contributed by atoms with Gasteiger partial charge in [-0.05, 0) is 30.9 Å². The van der Waals surface area contributed by atoms with E-state index < -0.39 is 20.2 Å². The molecule has 0 atom stereocenters. The molecule has 0 saturated carbocycles. The lowest BCUT2D eigenvalue weighted by atomic mass is 10.0. The number of sulfonamides is 1. The van der Waals surface area contributed by atoms with Crippen molar-refractivity contribution >= 4 is 20.2 Å². The van der Waals surface area contributed by atoms with Crippen LogP contribution in [-0.2, 0) is 20.2 Å². The Labute approximate surface area is 161 Å². The Kier molecular flexibility index (Phi) is 5.88. The van der Waals surface area contributed by atoms with Crippen molar-refractivity contribution in [1.82, 2.24) is 12.9 Å². The molecule has 2 aliphatic rings. The molecule has 10 heteroatoms. The Bertz CT molecular complexity index is 924. The van der Waals surface area contributed by atoms with Crippen LogP contribution in [-0.4, -0.2) is 69.0 Å². The summed E-state index contributed by atoms with van der Waals surface area (Å²) in [7, 11) is -7.39. The van der Waals surface area contributed by atoms with Crippen molar-refractivity contribution < 1.29 is 16.8 Å². The third kappa shape index (κ3) is 4.02. The zero-order valence-electron chi connectivity index (χ0n) is 15.3. The van der Waals surface area contributed by atoms with E-state index in [0.29, 0.717) is 19.0 Å². The molecule has 0 aromatic heterocycles. The summed E-state index contributed by atoms with van der Waals surface area (Å²) < 4.78 is 55.5. The van der Waals surface area contributed by atoms with Crippen LogP contribution in [0.4, 0.5) is 0 Å². The topological polar surface area (TPSA) is 102 Å². The van der Waals surface area contributed by atoms with Gasteiger partial charge in [0, 0.05) is 39.3 Å². The van der Waals surface area contributed by atoms with E-state index >= 15 is 0 Å². The summed E-state index contributed by atoms with van der Waals surface area (Å²) in [4.78, 5) is -0.0335. The number of hydrogen-bond acceptors (Lipinski definition) is 5. The minimum absolute atomic E-state index is 0.0335. The molecule has 2 heterocycles. The number of nitrogens with zero attached hydrogens (tertiary/aromatic N) is 4. The van der Waals surface area contributed by atoms with Crippen molar-refractivity contribution in [2.75, 3.05) is 39.3 Å². The molecule has 0 N–H and O–H groups in total. The lowest BCUT2D eigenvalue weighted by molar-refractivity contribution is 0.232. The van der Waals surface area contributed by atoms with Crippen LogP contribution in [0.25, 0.3) is 0 Å². The normalized spacial score (nSPS) is 21.8. The van der Waals surface area contributed by atoms with E-state index in [0.717, 1.165) is 12.8 Å². The van der Waals surface area contributed by atoms with E-state index in [9.17, 15) is 16.8 Å². The standard InChI is InChI=1S/C17H24N4O4S2/c1-15-6-8-20(9-7-15)27(24,25)21-12-10-19(11-13-21)26(22,23)17-5-3-2-4-16(17)14-18/h2-5,15H,6-13H2,1H3. The van der Waals surface area contributed by atoms with Gasteiger partial charge >= 0.3 is 0 Å². The molecule has 2 saturated heterocycles. The second-order valence-electron chi connectivity index (χ2n) is 7.00. The highest BCUT2D eigenvalue weighted by atomic mass is 32.2. The van der Waals surface area contributed by atoms with Gasteiger partial charge in [-0.15, -0.1) is 0 Å². The summed E-state index contributed by atoms with van der Waals surface area (Å²) in [6.07, 6.45) is 1.69. The fraction of sp³-hybridized carbons (Fsp3) is 0.588. The van der Waals surface area contributed by atoms with Gasteiger partial charge in [0.2, 0.25) is 10.0 Å². The number of piperidine rings is 1. The van der Waals surface area contributed by atoms with E-state index in [1.54, 1.807) is 12.1 Å². The Morgan fingerprint density at radius 1 is 0.889 bits per heavy atom. The molecule has 0 unspecified atom stereocenters. The van der Waals surface area contributed by atoms with Crippen LogP contribution in [0.2, 0.25) is 0 Å². The zero-order chi connectivity index (χ0) is 19.7. The van der Waals surface area contributed by atoms with E-state index in [4.69, 9.17) is 5.26 Å². The largest absolute Gasteiger partial charge is 0.282 e. The first-order valence-corrected chi connectivity index (χ1v) is 11.8. The maximum Gasteiger partial charge on any atom is 0.282 e. The SMILES string of the molecule is CC1CCN(S(=O)(=O)N2CCN(S(=O)(=O)c3ccccc3C#N)CC2)CC1. The third-order valence-electron chi connectivity index (χ3n) is 5.22. The molecule has 0 aliphatic carbocycles. The van der Waals surface area contributed by atoms with Crippen molar-refractivity contribution in [2.24, 2.45) is 5.92 Å². The lowest BCUT2D eigenvalue weighted by Crippen LogP contribution is -2.55. The molecule has 27 heavy (non-hydrogen) atoms. The fourth-order valence-corrected chi connectivity index (χ4v) is 6.63. The summed E-state index contributed by atoms with van der Waals surface area (Å²) in [5, 5.41) is 9.17. The van der Waals surface area contributed by atoms with E-state index in [2.05, 4.69) is 6.92 Å². The van der Waals surface area contributed by atoms with Crippen molar-refractivity contribution in [3.05, 3.63) is 29.8 Å². The average molecular weight is 413 g/mol. The molecule has 0 spiro atoms. The summed E-state index contributed by atoms with van der Waals surface area (Å²) in [6, 6.07) is 7.96. The number of hydrogen-bond donors (Lipinski definition) is 0. The Morgan fingerprint density at radius 2 is 1.41 bits per heavy atom. The molecular formula is C17H24N4O4S2. The highest BCUT2D eigenvalue weighted by Crippen LogP contribution is 2.24. The number of piperazine rings is 1. The van der Waals surface area contributed by atoms with Crippen LogP contribution in [0.3, 0.4) is 0 Å². The molecule has 1 aromatic rings. The van der Waals surface area contributed by atoms with E-state index in [1.807, 2.05) is 6.07 Å². The summed E-state index contributed by atoms with van der Waals surface area (Å²) in [6.45, 7) is 3.52. The maximum absolute atomic E-state index is 12.9. The van der Waals surface area contributed by atoms with Crippen LogP contribution in [0.5, 0.6) is 0 Å². The van der Waals surface area contributed by atoms with Crippen molar-refractivity contribution in [3.8, 4) is 6.07 Å². The molecular weight excluding hydrogens is 388 g/mol. The predicted molar refractivity (Wildman–Crippen MR) is 100 cm³/mol. The van der Waals surface area contributed by atoms with Gasteiger partial charge in [-0.1, -0.05) is 19.1 Å². The van der Waals surface area contributed by atoms with Crippen LogP contribution in [0, 0.1) is 17.2 Å². The lowest BCUT2D eigenvalue weighted by Gasteiger charge is -2.38. The van der Waals surface area contributed by atoms with Gasteiger partial charge in [0.25, 0.3) is 10.2 Å². The van der Waals surface area contributed by atoms with Crippen LogP contribution >= 0.6 is 0 Å². The first kappa shape index (κ1) is 20.2. The highest BCUT2D eigenvalue weighted by molar-refractivity contribution is 7.89. The van der Waals surface area contributed by atoms with Crippen LogP contribution in [0.1, 0.15) is 25.3 Å². The van der Waals surface area contributed by atoms with Gasteiger partial charge in [0.15, 0.2) is 0 Å². The Morgan fingerprint density at radius 3 is 2.00 bits per heavy atom. The number of rotatable bonds is 4. The van der Waals surface area contributed by atoms with Crippen molar-refractivity contribution in [2.45, 2.75) is 24.7 Å². The molecule has 8 nitrogen and oxygen atoms in total. The predicted octanol–water partition coefficient (Wildman–Crippen LogP) is 0.841. The quantitative estimate of drug-likeness (QED) is 0.729. The number of benzene rings is 1. The minimum atomic E-state index is -3.83. The van der Waals surface area contributed by atoms with Crippen LogP contribution < -0.4 is 0 Å². The van der Waals surface area contributed by atoms with Gasteiger partial charge in [-0.2, -0.15) is 26.6 Å². The van der Waals surface area contributed by atoms with Crippen molar-refractivity contribution in [3.63, 3.8) is 0 Å². The summed E-state index contributed by atoms with van der Waals surface area (Å²) in [5.74, 6) is 0.527. The highest BCUT2D eigenvalue weighted by Gasteiger charge is 2.37. The van der Waals surface area contributed by atoms with Gasteiger partial charge in [0.1, 0.15) is 6.07 Å². The van der Waals surface area contributed by atoms with Crippen molar-refractivity contribution in [1.29, 1.82) is 5.26 Å². The molecule has 148 valence electrons. The first-order valence-electron chi connectivity index (χ1n) is 9.01. The number of nitriles is 1. The van der Waals surface area contributed by atoms with Gasteiger partial charge in [-0.3, -0.25) is 0 Å².